The van der Waals surface area contributed by atoms with Gasteiger partial charge in [0, 0.05) is 17.6 Å². The van der Waals surface area contributed by atoms with Gasteiger partial charge >= 0.3 is 5.97 Å². The highest BCUT2D eigenvalue weighted by Crippen LogP contribution is 2.43. The molecule has 0 saturated heterocycles. The third-order valence-corrected chi connectivity index (χ3v) is 6.07. The predicted octanol–water partition coefficient (Wildman–Crippen LogP) is 4.08. The maximum atomic E-state index is 13.4. The smallest absolute Gasteiger partial charge is 0.341 e. The number of carbonyl (C=O) groups excluding carboxylic acids is 1. The first-order valence-electron chi connectivity index (χ1n) is 8.80. The monoisotopic (exact) mass is 373 g/mol. The number of nitrogens with zero attached hydrogens (tertiary/aromatic N) is 1. The van der Waals surface area contributed by atoms with E-state index in [4.69, 9.17) is 9.84 Å². The van der Waals surface area contributed by atoms with E-state index in [1.807, 2.05) is 11.4 Å². The van der Waals surface area contributed by atoms with Crippen molar-refractivity contribution < 1.29 is 19.4 Å². The Bertz CT molecular complexity index is 749. The van der Waals surface area contributed by atoms with Crippen molar-refractivity contribution in [3.8, 4) is 5.75 Å². The minimum absolute atomic E-state index is 0.124. The molecule has 3 rings (SSSR count). The van der Waals surface area contributed by atoms with E-state index in [0.717, 1.165) is 36.2 Å². The second kappa shape index (κ2) is 7.91. The predicted molar refractivity (Wildman–Crippen MR) is 102 cm³/mol. The third-order valence-electron chi connectivity index (χ3n) is 5.00. The number of aliphatic carboxylic acids is 1. The van der Waals surface area contributed by atoms with Gasteiger partial charge in [0.2, 0.25) is 5.91 Å². The van der Waals surface area contributed by atoms with Gasteiger partial charge in [0.1, 0.15) is 5.75 Å². The molecule has 1 saturated carbocycles. The molecule has 138 valence electrons. The molecule has 0 spiro atoms. The Hall–Kier alpha value is -2.34. The summed E-state index contributed by atoms with van der Waals surface area (Å²) in [5.74, 6) is -0.418. The van der Waals surface area contributed by atoms with Crippen LogP contribution in [0, 0.1) is 0 Å². The van der Waals surface area contributed by atoms with E-state index in [1.165, 1.54) is 6.42 Å². The van der Waals surface area contributed by atoms with Crippen molar-refractivity contribution in [2.75, 3.05) is 18.6 Å². The topological polar surface area (TPSA) is 66.8 Å². The first-order valence-corrected chi connectivity index (χ1v) is 9.68. The van der Waals surface area contributed by atoms with Gasteiger partial charge in [0.25, 0.3) is 0 Å². The minimum atomic E-state index is -1.02. The van der Waals surface area contributed by atoms with Gasteiger partial charge in [-0.2, -0.15) is 0 Å². The summed E-state index contributed by atoms with van der Waals surface area (Å²) >= 11 is 1.66. The third kappa shape index (κ3) is 3.75. The van der Waals surface area contributed by atoms with E-state index in [1.54, 1.807) is 47.5 Å². The largest absolute Gasteiger partial charge is 0.482 e. The van der Waals surface area contributed by atoms with Crippen molar-refractivity contribution >= 4 is 28.9 Å². The molecule has 0 aliphatic heterocycles. The average Bonchev–Trinajstić information content (AvgIpc) is 3.21. The van der Waals surface area contributed by atoms with E-state index in [0.29, 0.717) is 5.75 Å². The summed E-state index contributed by atoms with van der Waals surface area (Å²) in [4.78, 5) is 26.9. The SMILES string of the molecule is CN(C(=O)C1(c2cccs2)CCCCC1)c1ccc(OCC(=O)O)cc1. The highest BCUT2D eigenvalue weighted by molar-refractivity contribution is 7.10. The summed E-state index contributed by atoms with van der Waals surface area (Å²) in [6.45, 7) is -0.379. The van der Waals surface area contributed by atoms with Gasteiger partial charge in [-0.05, 0) is 48.6 Å². The van der Waals surface area contributed by atoms with E-state index in [9.17, 15) is 9.59 Å². The van der Waals surface area contributed by atoms with Gasteiger partial charge in [0.15, 0.2) is 6.61 Å². The van der Waals surface area contributed by atoms with Crippen molar-refractivity contribution in [2.45, 2.75) is 37.5 Å². The van der Waals surface area contributed by atoms with Crippen molar-refractivity contribution in [2.24, 2.45) is 0 Å². The van der Waals surface area contributed by atoms with Crippen LogP contribution in [0.5, 0.6) is 5.75 Å². The Morgan fingerprint density at radius 3 is 2.42 bits per heavy atom. The van der Waals surface area contributed by atoms with Crippen molar-refractivity contribution in [1.29, 1.82) is 0 Å². The Morgan fingerprint density at radius 2 is 1.85 bits per heavy atom. The van der Waals surface area contributed by atoms with Crippen LogP contribution in [0.4, 0.5) is 5.69 Å². The number of carboxylic acid groups (broad SMARTS) is 1. The average molecular weight is 373 g/mol. The fourth-order valence-corrected chi connectivity index (χ4v) is 4.60. The van der Waals surface area contributed by atoms with Crippen LogP contribution >= 0.6 is 11.3 Å². The van der Waals surface area contributed by atoms with E-state index in [2.05, 4.69) is 6.07 Å². The Kier molecular flexibility index (Phi) is 5.61. The zero-order chi connectivity index (χ0) is 18.6. The standard InChI is InChI=1S/C20H23NO4S/c1-21(15-7-9-16(10-8-15)25-14-18(22)23)19(24)20(11-3-2-4-12-20)17-6-5-13-26-17/h5-10,13H,2-4,11-12,14H2,1H3,(H,22,23). The minimum Gasteiger partial charge on any atom is -0.482 e. The van der Waals surface area contributed by atoms with Gasteiger partial charge in [0.05, 0.1) is 5.41 Å². The maximum Gasteiger partial charge on any atom is 0.341 e. The Morgan fingerprint density at radius 1 is 1.15 bits per heavy atom. The highest BCUT2D eigenvalue weighted by Gasteiger charge is 2.43. The van der Waals surface area contributed by atoms with Crippen LogP contribution in [-0.4, -0.2) is 30.6 Å². The molecular formula is C20H23NO4S. The van der Waals surface area contributed by atoms with Gasteiger partial charge in [-0.15, -0.1) is 11.3 Å². The molecule has 1 N–H and O–H groups in total. The lowest BCUT2D eigenvalue weighted by atomic mass is 9.72. The summed E-state index contributed by atoms with van der Waals surface area (Å²) in [5, 5.41) is 10.7. The van der Waals surface area contributed by atoms with E-state index >= 15 is 0 Å². The van der Waals surface area contributed by atoms with Crippen molar-refractivity contribution in [3.63, 3.8) is 0 Å². The quantitative estimate of drug-likeness (QED) is 0.829. The van der Waals surface area contributed by atoms with Crippen LogP contribution in [0.1, 0.15) is 37.0 Å². The van der Waals surface area contributed by atoms with Crippen LogP contribution in [0.2, 0.25) is 0 Å². The molecular weight excluding hydrogens is 350 g/mol. The number of thiophene rings is 1. The molecule has 1 aromatic carbocycles. The van der Waals surface area contributed by atoms with Crippen molar-refractivity contribution in [3.05, 3.63) is 46.7 Å². The second-order valence-electron chi connectivity index (χ2n) is 6.66. The summed E-state index contributed by atoms with van der Waals surface area (Å²) in [7, 11) is 1.80. The number of hydrogen-bond acceptors (Lipinski definition) is 4. The van der Waals surface area contributed by atoms with E-state index < -0.39 is 11.4 Å². The molecule has 0 atom stereocenters. The number of carboxylic acids is 1. The molecule has 26 heavy (non-hydrogen) atoms. The van der Waals surface area contributed by atoms with Crippen LogP contribution < -0.4 is 9.64 Å². The number of anilines is 1. The normalized spacial score (nSPS) is 16.0. The second-order valence-corrected chi connectivity index (χ2v) is 7.61. The van der Waals surface area contributed by atoms with Gasteiger partial charge in [-0.25, -0.2) is 4.79 Å². The number of likely N-dealkylation sites (N-methyl/N-ethyl adjacent to an activating group) is 1. The fraction of sp³-hybridized carbons (Fsp3) is 0.400. The molecule has 1 amide bonds. The van der Waals surface area contributed by atoms with Crippen molar-refractivity contribution in [1.82, 2.24) is 0 Å². The first kappa shape index (κ1) is 18.5. The van der Waals surface area contributed by atoms with Gasteiger partial charge in [-0.3, -0.25) is 4.79 Å². The fourth-order valence-electron chi connectivity index (χ4n) is 3.62. The summed E-state index contributed by atoms with van der Waals surface area (Å²) in [6, 6.07) is 11.1. The lowest BCUT2D eigenvalue weighted by molar-refractivity contribution is -0.139. The Balaban J connectivity index is 1.80. The lowest BCUT2D eigenvalue weighted by Crippen LogP contribution is -2.46. The Labute approximate surface area is 157 Å². The molecule has 6 heteroatoms. The lowest BCUT2D eigenvalue weighted by Gasteiger charge is -2.38. The molecule has 1 heterocycles. The summed E-state index contributed by atoms with van der Waals surface area (Å²) < 4.78 is 5.16. The summed E-state index contributed by atoms with van der Waals surface area (Å²) in [6.07, 6.45) is 5.09. The number of rotatable bonds is 6. The van der Waals surface area contributed by atoms with Crippen LogP contribution in [-0.2, 0) is 15.0 Å². The molecule has 1 aliphatic carbocycles. The zero-order valence-electron chi connectivity index (χ0n) is 14.8. The molecule has 0 radical (unpaired) electrons. The number of benzene rings is 1. The first-order chi connectivity index (χ1) is 12.5. The molecule has 0 unspecified atom stereocenters. The molecule has 0 bridgehead atoms. The number of hydrogen-bond donors (Lipinski definition) is 1. The molecule has 2 aromatic rings. The van der Waals surface area contributed by atoms with E-state index in [-0.39, 0.29) is 12.5 Å². The zero-order valence-corrected chi connectivity index (χ0v) is 15.6. The van der Waals surface area contributed by atoms with Gasteiger partial charge in [-0.1, -0.05) is 25.3 Å². The van der Waals surface area contributed by atoms with Gasteiger partial charge < -0.3 is 14.7 Å². The van der Waals surface area contributed by atoms with Crippen LogP contribution in [0.15, 0.2) is 41.8 Å². The highest BCUT2D eigenvalue weighted by atomic mass is 32.1. The molecule has 1 aromatic heterocycles. The summed E-state index contributed by atoms with van der Waals surface area (Å²) in [5.41, 5.74) is 0.346. The maximum absolute atomic E-state index is 13.4. The number of amides is 1. The van der Waals surface area contributed by atoms with Crippen LogP contribution in [0.25, 0.3) is 0 Å². The molecule has 1 aliphatic rings. The molecule has 1 fully saturated rings. The molecule has 5 nitrogen and oxygen atoms in total. The number of carbonyl (C=O) groups is 2. The van der Waals surface area contributed by atoms with Crippen LogP contribution in [0.3, 0.4) is 0 Å². The number of ether oxygens (including phenoxy) is 1.